The first kappa shape index (κ1) is 18.3. The Morgan fingerprint density at radius 2 is 1.88 bits per heavy atom. The number of hydrogen-bond acceptors (Lipinski definition) is 3. The van der Waals surface area contributed by atoms with Gasteiger partial charge in [0.25, 0.3) is 0 Å². The standard InChI is InChI=1S/C19H29ClN4O/c1-19(2,3)24-8-7-16(14-24)21-18(25)23-11-9-22(10-12-23)17-6-4-5-15(20)13-17/h4-6,13,16H,7-12,14H2,1-3H3,(H,21,25). The van der Waals surface area contributed by atoms with E-state index in [1.807, 2.05) is 23.1 Å². The molecule has 0 radical (unpaired) electrons. The first-order chi connectivity index (χ1) is 11.8. The van der Waals surface area contributed by atoms with Crippen molar-refractivity contribution in [2.24, 2.45) is 0 Å². The number of halogens is 1. The van der Waals surface area contributed by atoms with E-state index in [4.69, 9.17) is 11.6 Å². The van der Waals surface area contributed by atoms with Crippen molar-refractivity contribution in [3.63, 3.8) is 0 Å². The molecule has 1 aromatic carbocycles. The third kappa shape index (κ3) is 4.59. The zero-order chi connectivity index (χ0) is 18.0. The SMILES string of the molecule is CC(C)(C)N1CCC(NC(=O)N2CCN(c3cccc(Cl)c3)CC2)C1. The van der Waals surface area contributed by atoms with Gasteiger partial charge in [0.15, 0.2) is 0 Å². The van der Waals surface area contributed by atoms with Crippen LogP contribution in [0.3, 0.4) is 0 Å². The normalized spacial score (nSPS) is 22.3. The molecule has 1 unspecified atom stereocenters. The van der Waals surface area contributed by atoms with Crippen LogP contribution >= 0.6 is 11.6 Å². The van der Waals surface area contributed by atoms with Gasteiger partial charge in [0.05, 0.1) is 0 Å². The number of carbonyl (C=O) groups is 1. The number of amides is 2. The fourth-order valence-electron chi connectivity index (χ4n) is 3.59. The second-order valence-electron chi connectivity index (χ2n) is 8.01. The van der Waals surface area contributed by atoms with Crippen LogP contribution in [0, 0.1) is 0 Å². The highest BCUT2D eigenvalue weighted by Crippen LogP contribution is 2.22. The molecular weight excluding hydrogens is 336 g/mol. The lowest BCUT2D eigenvalue weighted by Crippen LogP contribution is -2.54. The van der Waals surface area contributed by atoms with E-state index >= 15 is 0 Å². The number of benzene rings is 1. The molecule has 3 rings (SSSR count). The van der Waals surface area contributed by atoms with Gasteiger partial charge in [-0.05, 0) is 45.4 Å². The van der Waals surface area contributed by atoms with Gasteiger partial charge in [-0.3, -0.25) is 4.90 Å². The molecule has 0 bridgehead atoms. The van der Waals surface area contributed by atoms with Gasteiger partial charge in [0.2, 0.25) is 0 Å². The summed E-state index contributed by atoms with van der Waals surface area (Å²) in [5.74, 6) is 0. The van der Waals surface area contributed by atoms with Crippen LogP contribution in [0.25, 0.3) is 0 Å². The largest absolute Gasteiger partial charge is 0.368 e. The number of urea groups is 1. The highest BCUT2D eigenvalue weighted by atomic mass is 35.5. The third-order valence-electron chi connectivity index (χ3n) is 5.20. The van der Waals surface area contributed by atoms with E-state index in [0.29, 0.717) is 0 Å². The molecule has 0 spiro atoms. The van der Waals surface area contributed by atoms with Crippen LogP contribution in [0.5, 0.6) is 0 Å². The van der Waals surface area contributed by atoms with Crippen molar-refractivity contribution >= 4 is 23.3 Å². The summed E-state index contributed by atoms with van der Waals surface area (Å²) in [6.07, 6.45) is 1.03. The first-order valence-corrected chi connectivity index (χ1v) is 9.52. The van der Waals surface area contributed by atoms with Gasteiger partial charge in [0.1, 0.15) is 0 Å². The topological polar surface area (TPSA) is 38.8 Å². The van der Waals surface area contributed by atoms with Crippen molar-refractivity contribution in [1.29, 1.82) is 0 Å². The average molecular weight is 365 g/mol. The van der Waals surface area contributed by atoms with Gasteiger partial charge in [-0.1, -0.05) is 17.7 Å². The molecule has 0 aliphatic carbocycles. The molecule has 5 nitrogen and oxygen atoms in total. The van der Waals surface area contributed by atoms with Crippen LogP contribution in [0.1, 0.15) is 27.2 Å². The summed E-state index contributed by atoms with van der Waals surface area (Å²) in [7, 11) is 0. The minimum Gasteiger partial charge on any atom is -0.368 e. The van der Waals surface area contributed by atoms with Crippen LogP contribution in [0.15, 0.2) is 24.3 Å². The summed E-state index contributed by atoms with van der Waals surface area (Å²) in [6.45, 7) is 11.8. The van der Waals surface area contributed by atoms with Crippen LogP contribution < -0.4 is 10.2 Å². The zero-order valence-electron chi connectivity index (χ0n) is 15.5. The van der Waals surface area contributed by atoms with Crippen molar-refractivity contribution in [3.05, 3.63) is 29.3 Å². The lowest BCUT2D eigenvalue weighted by Gasteiger charge is -2.36. The van der Waals surface area contributed by atoms with Crippen LogP contribution in [0.2, 0.25) is 5.02 Å². The highest BCUT2D eigenvalue weighted by molar-refractivity contribution is 6.30. The van der Waals surface area contributed by atoms with E-state index in [2.05, 4.69) is 42.0 Å². The summed E-state index contributed by atoms with van der Waals surface area (Å²) in [6, 6.07) is 8.25. The highest BCUT2D eigenvalue weighted by Gasteiger charge is 2.32. The second kappa shape index (κ2) is 7.42. The minimum absolute atomic E-state index is 0.0755. The number of anilines is 1. The van der Waals surface area contributed by atoms with E-state index in [0.717, 1.165) is 56.4 Å². The Hall–Kier alpha value is -1.46. The fourth-order valence-corrected chi connectivity index (χ4v) is 3.78. The molecule has 25 heavy (non-hydrogen) atoms. The number of rotatable bonds is 2. The summed E-state index contributed by atoms with van der Waals surface area (Å²) in [4.78, 5) is 19.2. The number of carbonyl (C=O) groups excluding carboxylic acids is 1. The number of nitrogens with zero attached hydrogens (tertiary/aromatic N) is 3. The van der Waals surface area contributed by atoms with Crippen LogP contribution in [-0.4, -0.2) is 66.7 Å². The van der Waals surface area contributed by atoms with Crippen molar-refractivity contribution in [2.75, 3.05) is 44.2 Å². The molecule has 2 amide bonds. The predicted octanol–water partition coefficient (Wildman–Crippen LogP) is 3.04. The van der Waals surface area contributed by atoms with E-state index in [1.165, 1.54) is 0 Å². The molecule has 2 fully saturated rings. The number of hydrogen-bond donors (Lipinski definition) is 1. The number of likely N-dealkylation sites (tertiary alicyclic amines) is 1. The Bertz CT molecular complexity index is 608. The lowest BCUT2D eigenvalue weighted by molar-refractivity contribution is 0.166. The maximum atomic E-state index is 12.6. The molecule has 6 heteroatoms. The molecule has 2 heterocycles. The van der Waals surface area contributed by atoms with E-state index < -0.39 is 0 Å². The van der Waals surface area contributed by atoms with Crippen LogP contribution in [-0.2, 0) is 0 Å². The molecular formula is C19H29ClN4O. The maximum Gasteiger partial charge on any atom is 0.317 e. The van der Waals surface area contributed by atoms with E-state index in [-0.39, 0.29) is 17.6 Å². The first-order valence-electron chi connectivity index (χ1n) is 9.14. The Morgan fingerprint density at radius 3 is 2.48 bits per heavy atom. The van der Waals surface area contributed by atoms with E-state index in [9.17, 15) is 4.79 Å². The van der Waals surface area contributed by atoms with Crippen molar-refractivity contribution in [2.45, 2.75) is 38.8 Å². The summed E-state index contributed by atoms with van der Waals surface area (Å²) in [5.41, 5.74) is 1.30. The van der Waals surface area contributed by atoms with Crippen molar-refractivity contribution < 1.29 is 4.79 Å². The van der Waals surface area contributed by atoms with Gasteiger partial charge in [-0.2, -0.15) is 0 Å². The Kier molecular flexibility index (Phi) is 5.44. The summed E-state index contributed by atoms with van der Waals surface area (Å²) in [5, 5.41) is 3.97. The number of piperazine rings is 1. The maximum absolute atomic E-state index is 12.6. The molecule has 1 atom stereocenters. The summed E-state index contributed by atoms with van der Waals surface area (Å²) < 4.78 is 0. The number of nitrogens with one attached hydrogen (secondary N) is 1. The molecule has 1 N–H and O–H groups in total. The summed E-state index contributed by atoms with van der Waals surface area (Å²) >= 11 is 6.08. The Labute approximate surface area is 155 Å². The molecule has 2 saturated heterocycles. The third-order valence-corrected chi connectivity index (χ3v) is 5.44. The van der Waals surface area contributed by atoms with Crippen LogP contribution in [0.4, 0.5) is 10.5 Å². The van der Waals surface area contributed by atoms with Gasteiger partial charge in [0, 0.05) is 61.6 Å². The second-order valence-corrected chi connectivity index (χ2v) is 8.44. The fraction of sp³-hybridized carbons (Fsp3) is 0.632. The van der Waals surface area contributed by atoms with Crippen molar-refractivity contribution in [3.8, 4) is 0 Å². The zero-order valence-corrected chi connectivity index (χ0v) is 16.2. The van der Waals surface area contributed by atoms with Gasteiger partial charge >= 0.3 is 6.03 Å². The Balaban J connectivity index is 1.47. The van der Waals surface area contributed by atoms with Crippen molar-refractivity contribution in [1.82, 2.24) is 15.1 Å². The van der Waals surface area contributed by atoms with Gasteiger partial charge in [-0.25, -0.2) is 4.79 Å². The van der Waals surface area contributed by atoms with Gasteiger partial charge < -0.3 is 15.1 Å². The monoisotopic (exact) mass is 364 g/mol. The minimum atomic E-state index is 0.0755. The lowest BCUT2D eigenvalue weighted by atomic mass is 10.1. The van der Waals surface area contributed by atoms with Gasteiger partial charge in [-0.15, -0.1) is 0 Å². The molecule has 138 valence electrons. The molecule has 0 aromatic heterocycles. The average Bonchev–Trinajstić information content (AvgIpc) is 3.04. The smallest absolute Gasteiger partial charge is 0.317 e. The molecule has 0 saturated carbocycles. The molecule has 1 aromatic rings. The van der Waals surface area contributed by atoms with E-state index in [1.54, 1.807) is 0 Å². The molecule has 2 aliphatic rings. The molecule has 2 aliphatic heterocycles. The Morgan fingerprint density at radius 1 is 1.16 bits per heavy atom. The predicted molar refractivity (Wildman–Crippen MR) is 104 cm³/mol. The quantitative estimate of drug-likeness (QED) is 0.876.